The van der Waals surface area contributed by atoms with E-state index in [2.05, 4.69) is 0 Å². The molecular formula is C16H18N2O2. The zero-order chi connectivity index (χ0) is 14.5. The third-order valence-electron chi connectivity index (χ3n) is 3.05. The highest BCUT2D eigenvalue weighted by Crippen LogP contribution is 2.24. The molecule has 0 spiro atoms. The van der Waals surface area contributed by atoms with Gasteiger partial charge in [-0.05, 0) is 54.8 Å². The van der Waals surface area contributed by atoms with Crippen LogP contribution in [0.15, 0.2) is 42.5 Å². The summed E-state index contributed by atoms with van der Waals surface area (Å²) in [6, 6.07) is 13.1. The van der Waals surface area contributed by atoms with E-state index in [0.29, 0.717) is 12.2 Å². The molecule has 4 nitrogen and oxygen atoms in total. The smallest absolute Gasteiger partial charge is 0.127 e. The molecule has 0 saturated carbocycles. The third kappa shape index (κ3) is 3.36. The zero-order valence-corrected chi connectivity index (χ0v) is 11.4. The van der Waals surface area contributed by atoms with Crippen LogP contribution >= 0.6 is 0 Å². The number of benzene rings is 2. The molecule has 2 aromatic carbocycles. The number of aliphatic hydroxyl groups is 1. The fourth-order valence-corrected chi connectivity index (χ4v) is 1.99. The van der Waals surface area contributed by atoms with Crippen LogP contribution < -0.4 is 10.5 Å². The van der Waals surface area contributed by atoms with Gasteiger partial charge in [-0.1, -0.05) is 12.1 Å². The number of nitrogens with two attached hydrogens (primary N) is 1. The lowest BCUT2D eigenvalue weighted by Crippen LogP contribution is -2.12. The molecular weight excluding hydrogens is 252 g/mol. The van der Waals surface area contributed by atoms with Crippen LogP contribution in [-0.4, -0.2) is 17.5 Å². The van der Waals surface area contributed by atoms with Gasteiger partial charge in [-0.15, -0.1) is 0 Å². The number of hydrogen-bond acceptors (Lipinski definition) is 3. The highest BCUT2D eigenvalue weighted by atomic mass is 16.5. The van der Waals surface area contributed by atoms with Crippen molar-refractivity contribution in [1.82, 2.24) is 0 Å². The summed E-state index contributed by atoms with van der Waals surface area (Å²) >= 11 is 0. The predicted molar refractivity (Wildman–Crippen MR) is 79.5 cm³/mol. The number of aliphatic hydroxyl groups excluding tert-OH is 1. The van der Waals surface area contributed by atoms with Gasteiger partial charge >= 0.3 is 0 Å². The summed E-state index contributed by atoms with van der Waals surface area (Å²) in [7, 11) is 0. The van der Waals surface area contributed by atoms with E-state index in [9.17, 15) is 0 Å². The topological polar surface area (TPSA) is 79.3 Å². The van der Waals surface area contributed by atoms with Gasteiger partial charge in [0, 0.05) is 12.2 Å². The van der Waals surface area contributed by atoms with Crippen molar-refractivity contribution in [3.8, 4) is 11.5 Å². The first-order valence-corrected chi connectivity index (χ1v) is 6.43. The lowest BCUT2D eigenvalue weighted by atomic mass is 10.1. The molecule has 0 bridgehead atoms. The number of hydrogen-bond donors (Lipinski definition) is 3. The molecule has 0 aliphatic carbocycles. The Morgan fingerprint density at radius 3 is 2.35 bits per heavy atom. The number of nitrogen functional groups attached to an aromatic ring is 1. The minimum absolute atomic E-state index is 0.0578. The first-order chi connectivity index (χ1) is 9.60. The molecule has 0 saturated heterocycles. The molecule has 4 heteroatoms. The highest BCUT2D eigenvalue weighted by Gasteiger charge is 2.04. The van der Waals surface area contributed by atoms with Gasteiger partial charge in [-0.2, -0.15) is 0 Å². The van der Waals surface area contributed by atoms with Gasteiger partial charge in [0.1, 0.15) is 17.3 Å². The van der Waals surface area contributed by atoms with E-state index in [1.807, 2.05) is 37.3 Å². The number of aryl methyl sites for hydroxylation is 1. The number of rotatable bonds is 5. The maximum Gasteiger partial charge on any atom is 0.127 e. The molecule has 0 unspecified atom stereocenters. The molecule has 0 fully saturated rings. The van der Waals surface area contributed by atoms with Gasteiger partial charge in [0.05, 0.1) is 0 Å². The van der Waals surface area contributed by atoms with Crippen molar-refractivity contribution in [3.05, 3.63) is 59.2 Å². The first kappa shape index (κ1) is 14.1. The molecule has 0 aliphatic heterocycles. The Hall–Kier alpha value is -2.33. The Kier molecular flexibility index (Phi) is 4.38. The lowest BCUT2D eigenvalue weighted by Gasteiger charge is -2.09. The lowest BCUT2D eigenvalue weighted by molar-refractivity contribution is 0.299. The standard InChI is InChI=1S/C16H18N2O2/c1-11-10-14(6-7-15(11)16(17)18)20-13-4-2-12(3-5-13)8-9-19/h2-7,10,19H,8-9H2,1H3,(H3,17,18). The molecule has 0 radical (unpaired) electrons. The van der Waals surface area contributed by atoms with Crippen LogP contribution in [0, 0.1) is 12.3 Å². The van der Waals surface area contributed by atoms with Crippen LogP contribution in [0.1, 0.15) is 16.7 Å². The van der Waals surface area contributed by atoms with Crippen LogP contribution in [0.4, 0.5) is 0 Å². The summed E-state index contributed by atoms with van der Waals surface area (Å²) in [6.45, 7) is 2.04. The average Bonchev–Trinajstić information content (AvgIpc) is 2.41. The van der Waals surface area contributed by atoms with Crippen LogP contribution in [0.25, 0.3) is 0 Å². The maximum absolute atomic E-state index is 8.87. The van der Waals surface area contributed by atoms with E-state index in [4.69, 9.17) is 21.0 Å². The normalized spacial score (nSPS) is 10.3. The third-order valence-corrected chi connectivity index (χ3v) is 3.05. The van der Waals surface area contributed by atoms with E-state index in [0.717, 1.165) is 22.4 Å². The van der Waals surface area contributed by atoms with Crippen molar-refractivity contribution < 1.29 is 9.84 Å². The summed E-state index contributed by atoms with van der Waals surface area (Å²) in [5.41, 5.74) is 8.18. The maximum atomic E-state index is 8.87. The van der Waals surface area contributed by atoms with Crippen molar-refractivity contribution in [3.63, 3.8) is 0 Å². The van der Waals surface area contributed by atoms with Gasteiger partial charge in [0.15, 0.2) is 0 Å². The van der Waals surface area contributed by atoms with Crippen LogP contribution in [0.5, 0.6) is 11.5 Å². The van der Waals surface area contributed by atoms with Gasteiger partial charge in [-0.3, -0.25) is 5.41 Å². The Morgan fingerprint density at radius 2 is 1.80 bits per heavy atom. The largest absolute Gasteiger partial charge is 0.457 e. The Labute approximate surface area is 118 Å². The fraction of sp³-hybridized carbons (Fsp3) is 0.188. The van der Waals surface area contributed by atoms with Gasteiger partial charge < -0.3 is 15.6 Å². The molecule has 0 amide bonds. The van der Waals surface area contributed by atoms with Crippen LogP contribution in [0.3, 0.4) is 0 Å². The molecule has 4 N–H and O–H groups in total. The molecule has 104 valence electrons. The average molecular weight is 270 g/mol. The molecule has 2 aromatic rings. The molecule has 2 rings (SSSR count). The second-order valence-corrected chi connectivity index (χ2v) is 4.61. The first-order valence-electron chi connectivity index (χ1n) is 6.43. The fourth-order valence-electron chi connectivity index (χ4n) is 1.99. The van der Waals surface area contributed by atoms with Crippen molar-refractivity contribution >= 4 is 5.84 Å². The Morgan fingerprint density at radius 1 is 1.15 bits per heavy atom. The van der Waals surface area contributed by atoms with Crippen molar-refractivity contribution in [2.45, 2.75) is 13.3 Å². The second-order valence-electron chi connectivity index (χ2n) is 4.61. The van der Waals surface area contributed by atoms with Crippen molar-refractivity contribution in [2.75, 3.05) is 6.61 Å². The molecule has 0 aliphatic rings. The molecule has 0 aromatic heterocycles. The minimum atomic E-state index is 0.0578. The van der Waals surface area contributed by atoms with Crippen LogP contribution in [-0.2, 0) is 6.42 Å². The van der Waals surface area contributed by atoms with Gasteiger partial charge in [0.2, 0.25) is 0 Å². The highest BCUT2D eigenvalue weighted by molar-refractivity contribution is 5.96. The number of nitrogens with one attached hydrogen (secondary N) is 1. The van der Waals surface area contributed by atoms with Crippen molar-refractivity contribution in [1.29, 1.82) is 5.41 Å². The Bertz CT molecular complexity index is 606. The van der Waals surface area contributed by atoms with E-state index in [1.54, 1.807) is 12.1 Å². The SMILES string of the molecule is Cc1cc(Oc2ccc(CCO)cc2)ccc1C(=N)N. The summed E-state index contributed by atoms with van der Waals surface area (Å²) in [5.74, 6) is 1.51. The summed E-state index contributed by atoms with van der Waals surface area (Å²) in [5, 5.41) is 16.3. The second kappa shape index (κ2) is 6.21. The van der Waals surface area contributed by atoms with Crippen molar-refractivity contribution in [2.24, 2.45) is 5.73 Å². The van der Waals surface area contributed by atoms with Crippen LogP contribution in [0.2, 0.25) is 0 Å². The predicted octanol–water partition coefficient (Wildman–Crippen LogP) is 2.61. The number of amidine groups is 1. The summed E-state index contributed by atoms with van der Waals surface area (Å²) in [4.78, 5) is 0. The Balaban J connectivity index is 2.13. The zero-order valence-electron chi connectivity index (χ0n) is 11.4. The molecule has 0 atom stereocenters. The molecule has 20 heavy (non-hydrogen) atoms. The van der Waals surface area contributed by atoms with Gasteiger partial charge in [0.25, 0.3) is 0 Å². The van der Waals surface area contributed by atoms with E-state index in [1.165, 1.54) is 0 Å². The van der Waals surface area contributed by atoms with E-state index >= 15 is 0 Å². The van der Waals surface area contributed by atoms with E-state index < -0.39 is 0 Å². The monoisotopic (exact) mass is 270 g/mol. The summed E-state index contributed by atoms with van der Waals surface area (Å²) in [6.07, 6.45) is 0.646. The van der Waals surface area contributed by atoms with Gasteiger partial charge in [-0.25, -0.2) is 0 Å². The number of ether oxygens (including phenoxy) is 1. The molecule has 0 heterocycles. The van der Waals surface area contributed by atoms with E-state index in [-0.39, 0.29) is 12.4 Å². The minimum Gasteiger partial charge on any atom is -0.457 e. The quantitative estimate of drug-likeness (QED) is 0.577. The summed E-state index contributed by atoms with van der Waals surface area (Å²) < 4.78 is 5.75.